The normalized spacial score (nSPS) is 15.5. The number of nitro benzene ring substituents is 1. The zero-order chi connectivity index (χ0) is 26.6. The van der Waals surface area contributed by atoms with Gasteiger partial charge in [-0.15, -0.1) is 0 Å². The number of non-ortho nitro benzene ring substituents is 1. The van der Waals surface area contributed by atoms with E-state index in [2.05, 4.69) is 10.3 Å². The van der Waals surface area contributed by atoms with Gasteiger partial charge in [-0.05, 0) is 71.9 Å². The summed E-state index contributed by atoms with van der Waals surface area (Å²) in [6, 6.07) is 15.8. The van der Waals surface area contributed by atoms with E-state index in [-0.39, 0.29) is 28.0 Å². The van der Waals surface area contributed by atoms with Crippen LogP contribution in [-0.4, -0.2) is 38.6 Å². The predicted octanol–water partition coefficient (Wildman–Crippen LogP) is 4.27. The standard InChI is InChI=1S/C24H19N3O8S2/c1-33-18-8-4-16(5-9-18)25-24-26-23(28)22(36-24)14-15-3-12-20(21(13-15)34-2)35-37(31,32)19-10-6-17(7-11-19)27(29)30/h3-14H,1-2H3,(H,25,26,28)/b22-14-. The predicted molar refractivity (Wildman–Crippen MR) is 138 cm³/mol. The molecule has 0 atom stereocenters. The van der Waals surface area contributed by atoms with Crippen LogP contribution in [0, 0.1) is 10.1 Å². The molecule has 0 saturated carbocycles. The molecule has 0 bridgehead atoms. The Morgan fingerprint density at radius 3 is 2.30 bits per heavy atom. The second-order valence-corrected chi connectivity index (χ2v) is 9.96. The van der Waals surface area contributed by atoms with Crippen molar-refractivity contribution in [3.8, 4) is 17.2 Å². The molecule has 1 amide bonds. The Kier molecular flexibility index (Phi) is 7.45. The van der Waals surface area contributed by atoms with Gasteiger partial charge in [-0.1, -0.05) is 6.07 Å². The van der Waals surface area contributed by atoms with Crippen LogP contribution < -0.4 is 19.0 Å². The molecule has 1 saturated heterocycles. The number of hydrogen-bond acceptors (Lipinski definition) is 10. The molecular weight excluding hydrogens is 522 g/mol. The number of amidine groups is 1. The van der Waals surface area contributed by atoms with E-state index in [4.69, 9.17) is 13.7 Å². The quantitative estimate of drug-likeness (QED) is 0.191. The van der Waals surface area contributed by atoms with Gasteiger partial charge in [-0.2, -0.15) is 8.42 Å². The highest BCUT2D eigenvalue weighted by Gasteiger charge is 2.25. The lowest BCUT2D eigenvalue weighted by Crippen LogP contribution is -2.19. The van der Waals surface area contributed by atoms with Crippen molar-refractivity contribution in [1.29, 1.82) is 0 Å². The molecule has 11 nitrogen and oxygen atoms in total. The molecule has 1 fully saturated rings. The number of aliphatic imine (C=N–C) groups is 1. The van der Waals surface area contributed by atoms with E-state index in [0.29, 0.717) is 27.1 Å². The fraction of sp³-hybridized carbons (Fsp3) is 0.0833. The van der Waals surface area contributed by atoms with Gasteiger partial charge in [0.2, 0.25) is 0 Å². The van der Waals surface area contributed by atoms with E-state index in [9.17, 15) is 23.3 Å². The average Bonchev–Trinajstić information content (AvgIpc) is 3.23. The van der Waals surface area contributed by atoms with Crippen LogP contribution in [0.3, 0.4) is 0 Å². The van der Waals surface area contributed by atoms with E-state index in [0.717, 1.165) is 36.0 Å². The maximum atomic E-state index is 12.6. The van der Waals surface area contributed by atoms with E-state index < -0.39 is 15.0 Å². The lowest BCUT2D eigenvalue weighted by Gasteiger charge is -2.11. The van der Waals surface area contributed by atoms with Crippen LogP contribution in [0.25, 0.3) is 6.08 Å². The zero-order valence-corrected chi connectivity index (χ0v) is 21.0. The maximum absolute atomic E-state index is 12.6. The number of nitro groups is 1. The van der Waals surface area contributed by atoms with Gasteiger partial charge in [0, 0.05) is 12.1 Å². The van der Waals surface area contributed by atoms with Gasteiger partial charge < -0.3 is 19.0 Å². The van der Waals surface area contributed by atoms with Crippen molar-refractivity contribution in [1.82, 2.24) is 5.32 Å². The summed E-state index contributed by atoms with van der Waals surface area (Å²) in [5.74, 6) is 0.371. The summed E-state index contributed by atoms with van der Waals surface area (Å²) in [4.78, 5) is 27.1. The fourth-order valence-electron chi connectivity index (χ4n) is 3.15. The maximum Gasteiger partial charge on any atom is 0.339 e. The SMILES string of the molecule is COc1ccc(N=C2NC(=O)/C(=C/c3ccc(OS(=O)(=O)c4ccc([N+](=O)[O-])cc4)c(OC)c3)S2)cc1. The van der Waals surface area contributed by atoms with Gasteiger partial charge in [-0.3, -0.25) is 14.9 Å². The van der Waals surface area contributed by atoms with Gasteiger partial charge in [0.25, 0.3) is 11.6 Å². The van der Waals surface area contributed by atoms with Crippen molar-refractivity contribution in [2.75, 3.05) is 14.2 Å². The smallest absolute Gasteiger partial charge is 0.339 e. The number of rotatable bonds is 8. The van der Waals surface area contributed by atoms with Crippen LogP contribution >= 0.6 is 11.8 Å². The van der Waals surface area contributed by atoms with E-state index in [1.54, 1.807) is 43.5 Å². The second-order valence-electron chi connectivity index (χ2n) is 7.38. The topological polar surface area (TPSA) is 146 Å². The Hall–Kier alpha value is -4.36. The Bertz CT molecular complexity index is 1520. The van der Waals surface area contributed by atoms with Crippen LogP contribution in [-0.2, 0) is 14.9 Å². The summed E-state index contributed by atoms with van der Waals surface area (Å²) >= 11 is 1.15. The number of benzene rings is 3. The molecule has 190 valence electrons. The number of ether oxygens (including phenoxy) is 2. The van der Waals surface area contributed by atoms with Crippen LogP contribution in [0.2, 0.25) is 0 Å². The van der Waals surface area contributed by atoms with Crippen molar-refractivity contribution >= 4 is 50.4 Å². The summed E-state index contributed by atoms with van der Waals surface area (Å²) in [7, 11) is -1.38. The molecule has 0 radical (unpaired) electrons. The van der Waals surface area contributed by atoms with Crippen LogP contribution in [0.4, 0.5) is 11.4 Å². The highest BCUT2D eigenvalue weighted by molar-refractivity contribution is 8.18. The average molecular weight is 542 g/mol. The minimum absolute atomic E-state index is 0.0895. The molecule has 0 aromatic heterocycles. The Balaban J connectivity index is 1.52. The lowest BCUT2D eigenvalue weighted by molar-refractivity contribution is -0.384. The van der Waals surface area contributed by atoms with Crippen molar-refractivity contribution < 1.29 is 31.8 Å². The third kappa shape index (κ3) is 6.08. The number of hydrogen-bond donors (Lipinski definition) is 1. The highest BCUT2D eigenvalue weighted by Crippen LogP contribution is 2.34. The van der Waals surface area contributed by atoms with Crippen molar-refractivity contribution in [2.45, 2.75) is 4.90 Å². The first-order chi connectivity index (χ1) is 17.7. The summed E-state index contributed by atoms with van der Waals surface area (Å²) in [6.07, 6.45) is 1.60. The molecule has 1 N–H and O–H groups in total. The summed E-state index contributed by atoms with van der Waals surface area (Å²) < 4.78 is 40.9. The molecule has 4 rings (SSSR count). The molecule has 1 aliphatic rings. The van der Waals surface area contributed by atoms with E-state index in [1.807, 2.05) is 0 Å². The Morgan fingerprint density at radius 1 is 0.973 bits per heavy atom. The molecule has 0 unspecified atom stereocenters. The fourth-order valence-corrected chi connectivity index (χ4v) is 4.93. The molecule has 0 aliphatic carbocycles. The number of amides is 1. The third-order valence-corrected chi connectivity index (χ3v) is 7.13. The Labute approximate surface area is 216 Å². The van der Waals surface area contributed by atoms with Gasteiger partial charge in [-0.25, -0.2) is 4.99 Å². The van der Waals surface area contributed by atoms with Gasteiger partial charge in [0.05, 0.1) is 29.7 Å². The minimum Gasteiger partial charge on any atom is -0.497 e. The first kappa shape index (κ1) is 25.7. The summed E-state index contributed by atoms with van der Waals surface area (Å²) in [6.45, 7) is 0. The van der Waals surface area contributed by atoms with Crippen LogP contribution in [0.1, 0.15) is 5.56 Å². The van der Waals surface area contributed by atoms with Crippen LogP contribution in [0.15, 0.2) is 81.5 Å². The van der Waals surface area contributed by atoms with Gasteiger partial charge >= 0.3 is 10.1 Å². The molecule has 3 aromatic rings. The number of carbonyl (C=O) groups excluding carboxylic acids is 1. The Morgan fingerprint density at radius 2 is 1.68 bits per heavy atom. The van der Waals surface area contributed by atoms with E-state index >= 15 is 0 Å². The first-order valence-corrected chi connectivity index (χ1v) is 12.7. The first-order valence-electron chi connectivity index (χ1n) is 10.5. The molecular formula is C24H19N3O8S2. The lowest BCUT2D eigenvalue weighted by atomic mass is 10.2. The van der Waals surface area contributed by atoms with Crippen molar-refractivity contribution in [2.24, 2.45) is 4.99 Å². The number of thioether (sulfide) groups is 1. The number of methoxy groups -OCH3 is 2. The summed E-state index contributed by atoms with van der Waals surface area (Å²) in [5, 5.41) is 13.9. The molecule has 37 heavy (non-hydrogen) atoms. The number of nitrogens with zero attached hydrogens (tertiary/aromatic N) is 2. The van der Waals surface area contributed by atoms with Gasteiger partial charge in [0.15, 0.2) is 16.7 Å². The van der Waals surface area contributed by atoms with Crippen molar-refractivity contribution in [3.63, 3.8) is 0 Å². The monoisotopic (exact) mass is 541 g/mol. The highest BCUT2D eigenvalue weighted by atomic mass is 32.2. The minimum atomic E-state index is -4.28. The molecule has 1 heterocycles. The molecule has 13 heteroatoms. The second kappa shape index (κ2) is 10.7. The number of carbonyl (C=O) groups is 1. The largest absolute Gasteiger partial charge is 0.497 e. The molecule has 0 spiro atoms. The van der Waals surface area contributed by atoms with E-state index in [1.165, 1.54) is 19.2 Å². The van der Waals surface area contributed by atoms with Crippen molar-refractivity contribution in [3.05, 3.63) is 87.3 Å². The molecule has 1 aliphatic heterocycles. The van der Waals surface area contributed by atoms with Gasteiger partial charge in [0.1, 0.15) is 10.6 Å². The zero-order valence-electron chi connectivity index (χ0n) is 19.4. The molecule has 3 aromatic carbocycles. The van der Waals surface area contributed by atoms with Crippen LogP contribution in [0.5, 0.6) is 17.2 Å². The summed E-state index contributed by atoms with van der Waals surface area (Å²) in [5.41, 5.74) is 0.947. The number of nitrogens with one attached hydrogen (secondary N) is 1. The third-order valence-electron chi connectivity index (χ3n) is 4.98.